The zero-order valence-corrected chi connectivity index (χ0v) is 10.1. The normalized spacial score (nSPS) is 10.7. The van der Waals surface area contributed by atoms with Crippen LogP contribution in [-0.2, 0) is 0 Å². The van der Waals surface area contributed by atoms with Crippen molar-refractivity contribution in [3.8, 4) is 5.88 Å². The third-order valence-electron chi connectivity index (χ3n) is 2.51. The third kappa shape index (κ3) is 4.49. The van der Waals surface area contributed by atoms with Gasteiger partial charge in [-0.05, 0) is 25.6 Å². The van der Waals surface area contributed by atoms with Crippen LogP contribution < -0.4 is 10.5 Å². The van der Waals surface area contributed by atoms with Gasteiger partial charge in [-0.2, -0.15) is 4.98 Å². The van der Waals surface area contributed by atoms with Gasteiger partial charge in [-0.15, -0.1) is 0 Å². The molecule has 4 nitrogen and oxygen atoms in total. The van der Waals surface area contributed by atoms with Crippen molar-refractivity contribution in [2.24, 2.45) is 0 Å². The van der Waals surface area contributed by atoms with Gasteiger partial charge in [0, 0.05) is 12.6 Å². The van der Waals surface area contributed by atoms with Crippen LogP contribution in [0.5, 0.6) is 5.88 Å². The minimum absolute atomic E-state index is 0.501. The lowest BCUT2D eigenvalue weighted by molar-refractivity contribution is 0.244. The molecule has 90 valence electrons. The summed E-state index contributed by atoms with van der Waals surface area (Å²) >= 11 is 0. The van der Waals surface area contributed by atoms with E-state index >= 15 is 0 Å². The minimum atomic E-state index is 0.501. The van der Waals surface area contributed by atoms with E-state index in [1.165, 1.54) is 0 Å². The number of rotatable bonds is 7. The molecule has 0 aliphatic heterocycles. The molecule has 1 heterocycles. The summed E-state index contributed by atoms with van der Waals surface area (Å²) in [6.45, 7) is 8.27. The highest BCUT2D eigenvalue weighted by atomic mass is 16.5. The van der Waals surface area contributed by atoms with Crippen molar-refractivity contribution >= 4 is 5.82 Å². The van der Waals surface area contributed by atoms with Gasteiger partial charge >= 0.3 is 0 Å². The Labute approximate surface area is 97.4 Å². The monoisotopic (exact) mass is 223 g/mol. The maximum absolute atomic E-state index is 5.55. The molecule has 0 atom stereocenters. The van der Waals surface area contributed by atoms with Crippen molar-refractivity contribution in [1.29, 1.82) is 0 Å². The molecule has 4 heteroatoms. The zero-order chi connectivity index (χ0) is 11.8. The molecule has 0 spiro atoms. The van der Waals surface area contributed by atoms with E-state index in [9.17, 15) is 0 Å². The Kier molecular flexibility index (Phi) is 5.64. The average molecular weight is 223 g/mol. The first-order valence-electron chi connectivity index (χ1n) is 5.84. The molecular weight excluding hydrogens is 202 g/mol. The second-order valence-corrected chi connectivity index (χ2v) is 3.63. The van der Waals surface area contributed by atoms with Gasteiger partial charge in [0.2, 0.25) is 5.88 Å². The molecule has 0 bridgehead atoms. The highest BCUT2D eigenvalue weighted by Crippen LogP contribution is 2.08. The Balaban J connectivity index is 2.20. The molecule has 1 rings (SSSR count). The van der Waals surface area contributed by atoms with E-state index in [1.807, 2.05) is 12.1 Å². The summed E-state index contributed by atoms with van der Waals surface area (Å²) in [5.41, 5.74) is 5.55. The van der Waals surface area contributed by atoms with E-state index in [-0.39, 0.29) is 0 Å². The van der Waals surface area contributed by atoms with E-state index in [2.05, 4.69) is 23.7 Å². The molecular formula is C12H21N3O. The first kappa shape index (κ1) is 12.8. The van der Waals surface area contributed by atoms with E-state index in [4.69, 9.17) is 10.5 Å². The fraction of sp³-hybridized carbons (Fsp3) is 0.583. The molecule has 0 amide bonds. The predicted octanol–water partition coefficient (Wildman–Crippen LogP) is 1.77. The first-order chi connectivity index (χ1) is 7.76. The highest BCUT2D eigenvalue weighted by molar-refractivity contribution is 5.30. The molecule has 0 aliphatic carbocycles. The minimum Gasteiger partial charge on any atom is -0.478 e. The highest BCUT2D eigenvalue weighted by Gasteiger charge is 1.99. The molecule has 0 aromatic carbocycles. The van der Waals surface area contributed by atoms with Gasteiger partial charge in [0.25, 0.3) is 0 Å². The van der Waals surface area contributed by atoms with Gasteiger partial charge in [-0.1, -0.05) is 19.9 Å². The maximum atomic E-state index is 5.55. The molecule has 0 aliphatic rings. The van der Waals surface area contributed by atoms with Gasteiger partial charge < -0.3 is 15.4 Å². The first-order valence-corrected chi connectivity index (χ1v) is 5.84. The van der Waals surface area contributed by atoms with Gasteiger partial charge in [-0.3, -0.25) is 0 Å². The van der Waals surface area contributed by atoms with Crippen molar-refractivity contribution in [2.45, 2.75) is 20.3 Å². The summed E-state index contributed by atoms with van der Waals surface area (Å²) < 4.78 is 5.51. The van der Waals surface area contributed by atoms with Crippen molar-refractivity contribution in [3.63, 3.8) is 0 Å². The van der Waals surface area contributed by atoms with Crippen LogP contribution >= 0.6 is 0 Å². The largest absolute Gasteiger partial charge is 0.478 e. The number of nitrogens with two attached hydrogens (primary N) is 1. The van der Waals surface area contributed by atoms with Crippen molar-refractivity contribution < 1.29 is 4.74 Å². The number of anilines is 1. The summed E-state index contributed by atoms with van der Waals surface area (Å²) in [6, 6.07) is 5.43. The van der Waals surface area contributed by atoms with Gasteiger partial charge in [0.05, 0.1) is 6.61 Å². The van der Waals surface area contributed by atoms with Gasteiger partial charge in [-0.25, -0.2) is 0 Å². The lowest BCUT2D eigenvalue weighted by atomic mass is 10.4. The van der Waals surface area contributed by atoms with Crippen molar-refractivity contribution in [1.82, 2.24) is 9.88 Å². The second-order valence-electron chi connectivity index (χ2n) is 3.63. The SMILES string of the molecule is CCN(CC)CCCOc1cccc(N)n1. The quantitative estimate of drug-likeness (QED) is 0.716. The van der Waals surface area contributed by atoms with E-state index < -0.39 is 0 Å². The molecule has 1 aromatic rings. The number of nitrogens with zero attached hydrogens (tertiary/aromatic N) is 2. The number of ether oxygens (including phenoxy) is 1. The fourth-order valence-corrected chi connectivity index (χ4v) is 1.52. The van der Waals surface area contributed by atoms with Crippen LogP contribution in [0.2, 0.25) is 0 Å². The maximum Gasteiger partial charge on any atom is 0.215 e. The number of hydrogen-bond donors (Lipinski definition) is 1. The molecule has 0 radical (unpaired) electrons. The summed E-state index contributed by atoms with van der Waals surface area (Å²) in [6.07, 6.45) is 1.01. The molecule has 1 aromatic heterocycles. The third-order valence-corrected chi connectivity index (χ3v) is 2.51. The zero-order valence-electron chi connectivity index (χ0n) is 10.1. The van der Waals surface area contributed by atoms with Gasteiger partial charge in [0.1, 0.15) is 5.82 Å². The van der Waals surface area contributed by atoms with Crippen molar-refractivity contribution in [3.05, 3.63) is 18.2 Å². The molecule has 0 unspecified atom stereocenters. The van der Waals surface area contributed by atoms with E-state index in [0.29, 0.717) is 18.3 Å². The summed E-state index contributed by atoms with van der Waals surface area (Å²) in [7, 11) is 0. The summed E-state index contributed by atoms with van der Waals surface area (Å²) in [5, 5.41) is 0. The summed E-state index contributed by atoms with van der Waals surface area (Å²) in [4.78, 5) is 6.44. The van der Waals surface area contributed by atoms with E-state index in [1.54, 1.807) is 6.07 Å². The number of hydrogen-bond acceptors (Lipinski definition) is 4. The number of nitrogen functional groups attached to an aromatic ring is 1. The van der Waals surface area contributed by atoms with Crippen LogP contribution in [0.3, 0.4) is 0 Å². The van der Waals surface area contributed by atoms with Crippen LogP contribution in [0.15, 0.2) is 18.2 Å². The molecule has 0 fully saturated rings. The Morgan fingerprint density at radius 2 is 2.06 bits per heavy atom. The molecule has 0 saturated heterocycles. The standard InChI is InChI=1S/C12H21N3O/c1-3-15(4-2)9-6-10-16-12-8-5-7-11(13)14-12/h5,7-8H,3-4,6,9-10H2,1-2H3,(H2,13,14). The summed E-state index contributed by atoms with van der Waals surface area (Å²) in [5.74, 6) is 1.11. The topological polar surface area (TPSA) is 51.4 Å². The fourth-order valence-electron chi connectivity index (χ4n) is 1.52. The van der Waals surface area contributed by atoms with Crippen LogP contribution in [0.25, 0.3) is 0 Å². The lowest BCUT2D eigenvalue weighted by Crippen LogP contribution is -2.25. The Morgan fingerprint density at radius 3 is 2.69 bits per heavy atom. The molecule has 0 saturated carbocycles. The Bertz CT molecular complexity index is 300. The van der Waals surface area contributed by atoms with Crippen LogP contribution in [0.1, 0.15) is 20.3 Å². The number of pyridine rings is 1. The van der Waals surface area contributed by atoms with Crippen molar-refractivity contribution in [2.75, 3.05) is 32.0 Å². The van der Waals surface area contributed by atoms with Gasteiger partial charge in [0.15, 0.2) is 0 Å². The molecule has 2 N–H and O–H groups in total. The Hall–Kier alpha value is -1.29. The predicted molar refractivity (Wildman–Crippen MR) is 66.5 cm³/mol. The van der Waals surface area contributed by atoms with Crippen LogP contribution in [-0.4, -0.2) is 36.1 Å². The molecule has 16 heavy (non-hydrogen) atoms. The average Bonchev–Trinajstić information content (AvgIpc) is 2.29. The Morgan fingerprint density at radius 1 is 1.31 bits per heavy atom. The number of aromatic nitrogens is 1. The second kappa shape index (κ2) is 7.06. The van der Waals surface area contributed by atoms with E-state index in [0.717, 1.165) is 26.1 Å². The van der Waals surface area contributed by atoms with Crippen LogP contribution in [0.4, 0.5) is 5.82 Å². The lowest BCUT2D eigenvalue weighted by Gasteiger charge is -2.17. The van der Waals surface area contributed by atoms with Crippen LogP contribution in [0, 0.1) is 0 Å². The smallest absolute Gasteiger partial charge is 0.215 e.